The lowest BCUT2D eigenvalue weighted by atomic mass is 10.0. The number of hydrogen-bond acceptors (Lipinski definition) is 16. The minimum Gasteiger partial charge on any atom is -0.400 e. The molecule has 8 rings (SSSR count). The lowest BCUT2D eigenvalue weighted by Gasteiger charge is -2.16. The molecule has 0 spiro atoms. The Bertz CT molecular complexity index is 2370. The maximum absolute atomic E-state index is 12.4. The molecule has 2 amide bonds. The average molecular weight is 854 g/mol. The molecule has 0 bridgehead atoms. The molecule has 8 atom stereocenters. The van der Waals surface area contributed by atoms with Crippen molar-refractivity contribution < 1.29 is 54.8 Å². The summed E-state index contributed by atoms with van der Waals surface area (Å²) in [5.41, 5.74) is 3.04. The number of aliphatic hydroxyl groups excluding tert-OH is 7. The van der Waals surface area contributed by atoms with Crippen LogP contribution in [0, 0.1) is 13.1 Å². The SMILES string of the molecule is CN.CO.[C-]#[N+]C1(CO)O[C@@H](c2ccc3c(NC(=O)c4ccccc4)ncnn23)[C@H](O)[C@@H]1O.[C-]#[N+][C@]1(CO)O[C@@H](c2ccc3c(NC(=O)c4ccccc4)ncnn23)[C@H](O)[C@@H]1O. The van der Waals surface area contributed by atoms with Crippen LogP contribution in [0.2, 0.25) is 0 Å². The molecule has 6 aromatic rings. The largest absolute Gasteiger partial charge is 0.400 e. The number of anilines is 2. The highest BCUT2D eigenvalue weighted by atomic mass is 16.6. The first-order chi connectivity index (χ1) is 30.0. The zero-order valence-corrected chi connectivity index (χ0v) is 33.0. The highest BCUT2D eigenvalue weighted by Crippen LogP contribution is 2.43. The van der Waals surface area contributed by atoms with Crippen molar-refractivity contribution in [2.75, 3.05) is 38.0 Å². The smallest absolute Gasteiger partial charge is 0.389 e. The Morgan fingerprint density at radius 1 is 0.661 bits per heavy atom. The zero-order chi connectivity index (χ0) is 45.2. The van der Waals surface area contributed by atoms with Crippen molar-refractivity contribution in [1.29, 1.82) is 0 Å². The maximum atomic E-state index is 12.4. The average Bonchev–Trinajstić information content (AvgIpc) is 4.08. The van der Waals surface area contributed by atoms with E-state index in [0.29, 0.717) is 33.5 Å². The summed E-state index contributed by atoms with van der Waals surface area (Å²) in [6, 6.07) is 23.7. The first kappa shape index (κ1) is 46.3. The minimum absolute atomic E-state index is 0.242. The molecule has 0 aliphatic carbocycles. The van der Waals surface area contributed by atoms with Gasteiger partial charge in [-0.3, -0.25) is 28.8 Å². The van der Waals surface area contributed by atoms with Crippen molar-refractivity contribution in [1.82, 2.24) is 29.2 Å². The Morgan fingerprint density at radius 3 is 1.32 bits per heavy atom. The standard InChI is InChI=1S/2C19H17N5O5.CH5N.CH4O/c2*1-20-19(9-25)16(27)14(26)15(29-19)12-7-8-13-17(21-10-22-24(12)13)23-18(28)11-5-3-2-4-6-11;2*1-2/h2*2-8,10,14-16,25-27H,9H2,(H,21,22,23,28);2H2,1H3;2H,1H3/t14-,15-,16-,19?;14-,15-,16-,19+;;/m00../s1. The summed E-state index contributed by atoms with van der Waals surface area (Å²) in [5.74, 6) is -0.221. The maximum Gasteiger partial charge on any atom is 0.389 e. The van der Waals surface area contributed by atoms with E-state index in [4.69, 9.17) is 27.7 Å². The molecule has 0 saturated carbocycles. The summed E-state index contributed by atoms with van der Waals surface area (Å²) in [5, 5.41) is 80.9. The second kappa shape index (κ2) is 20.2. The number of aliphatic hydroxyl groups is 7. The molecule has 2 aliphatic rings. The highest BCUT2D eigenvalue weighted by molar-refractivity contribution is 6.06. The zero-order valence-electron chi connectivity index (χ0n) is 33.0. The van der Waals surface area contributed by atoms with Gasteiger partial charge >= 0.3 is 11.4 Å². The van der Waals surface area contributed by atoms with Gasteiger partial charge in [-0.05, 0) is 55.6 Å². The Morgan fingerprint density at radius 2 is 1.02 bits per heavy atom. The molecular weight excluding hydrogens is 811 g/mol. The highest BCUT2D eigenvalue weighted by Gasteiger charge is 2.62. The Kier molecular flexibility index (Phi) is 15.1. The fourth-order valence-corrected chi connectivity index (χ4v) is 6.64. The molecule has 2 aromatic carbocycles. The van der Waals surface area contributed by atoms with Gasteiger partial charge in [0, 0.05) is 18.2 Å². The number of ether oxygens (including phenoxy) is 2. The monoisotopic (exact) mass is 853 g/mol. The lowest BCUT2D eigenvalue weighted by molar-refractivity contribution is -0.0819. The third-order valence-electron chi connectivity index (χ3n) is 9.77. The van der Waals surface area contributed by atoms with Crippen LogP contribution in [0.15, 0.2) is 97.6 Å². The van der Waals surface area contributed by atoms with Crippen LogP contribution in [0.3, 0.4) is 0 Å². The quantitative estimate of drug-likeness (QED) is 0.0898. The number of fused-ring (bicyclic) bond motifs is 2. The minimum atomic E-state index is -1.95. The number of carbonyl (C=O) groups excluding carboxylic acids is 2. The topological polar surface area (TPSA) is 313 Å². The van der Waals surface area contributed by atoms with Crippen molar-refractivity contribution in [2.45, 2.75) is 48.1 Å². The van der Waals surface area contributed by atoms with Crippen LogP contribution >= 0.6 is 0 Å². The van der Waals surface area contributed by atoms with Gasteiger partial charge in [-0.25, -0.2) is 32.1 Å². The molecule has 6 heterocycles. The summed E-state index contributed by atoms with van der Waals surface area (Å²) in [6.45, 7) is 12.9. The fraction of sp³-hybridized carbons (Fsp3) is 0.300. The summed E-state index contributed by atoms with van der Waals surface area (Å²) < 4.78 is 13.9. The van der Waals surface area contributed by atoms with Gasteiger partial charge in [0.2, 0.25) is 0 Å². The normalized spacial score (nSPS) is 24.8. The van der Waals surface area contributed by atoms with E-state index in [1.165, 1.54) is 28.7 Å². The van der Waals surface area contributed by atoms with Gasteiger partial charge in [-0.1, -0.05) is 36.4 Å². The van der Waals surface area contributed by atoms with Gasteiger partial charge in [0.15, 0.2) is 37.1 Å². The molecular formula is C40H43N11O11. The summed E-state index contributed by atoms with van der Waals surface area (Å²) in [4.78, 5) is 39.4. The van der Waals surface area contributed by atoms with Crippen molar-refractivity contribution in [3.63, 3.8) is 0 Å². The van der Waals surface area contributed by atoms with E-state index in [1.54, 1.807) is 84.9 Å². The van der Waals surface area contributed by atoms with Crippen LogP contribution < -0.4 is 16.4 Å². The predicted molar refractivity (Wildman–Crippen MR) is 218 cm³/mol. The third-order valence-corrected chi connectivity index (χ3v) is 9.77. The number of hydrogen-bond donors (Lipinski definition) is 10. The first-order valence-corrected chi connectivity index (χ1v) is 18.5. The molecule has 1 unspecified atom stereocenters. The number of amides is 2. The van der Waals surface area contributed by atoms with Crippen molar-refractivity contribution >= 4 is 34.5 Å². The molecule has 2 fully saturated rings. The van der Waals surface area contributed by atoms with Crippen molar-refractivity contribution in [2.24, 2.45) is 5.73 Å². The van der Waals surface area contributed by atoms with E-state index in [9.17, 15) is 40.2 Å². The summed E-state index contributed by atoms with van der Waals surface area (Å²) in [6.07, 6.45) is -5.87. The second-order valence-corrected chi connectivity index (χ2v) is 13.1. The van der Waals surface area contributed by atoms with E-state index in [0.717, 1.165) is 7.11 Å². The Balaban J connectivity index is 0.000000217. The Labute approximate surface area is 352 Å². The van der Waals surface area contributed by atoms with Gasteiger partial charge < -0.3 is 52.1 Å². The number of nitrogens with one attached hydrogen (secondary N) is 2. The van der Waals surface area contributed by atoms with Crippen LogP contribution in [-0.4, -0.2) is 140 Å². The van der Waals surface area contributed by atoms with Crippen LogP contribution in [0.5, 0.6) is 0 Å². The lowest BCUT2D eigenvalue weighted by Crippen LogP contribution is -2.43. The predicted octanol–water partition coefficient (Wildman–Crippen LogP) is -0.0514. The molecule has 4 aromatic heterocycles. The Hall–Kier alpha value is -6.80. The van der Waals surface area contributed by atoms with Crippen LogP contribution in [0.25, 0.3) is 20.7 Å². The molecule has 62 heavy (non-hydrogen) atoms. The van der Waals surface area contributed by atoms with Gasteiger partial charge in [0.25, 0.3) is 11.8 Å². The number of benzene rings is 2. The molecule has 22 heteroatoms. The first-order valence-electron chi connectivity index (χ1n) is 18.5. The van der Waals surface area contributed by atoms with E-state index in [1.807, 2.05) is 0 Å². The number of aromatic nitrogens is 6. The van der Waals surface area contributed by atoms with Gasteiger partial charge in [0.1, 0.15) is 48.1 Å². The number of nitrogens with zero attached hydrogens (tertiary/aromatic N) is 8. The van der Waals surface area contributed by atoms with Crippen LogP contribution in [0.1, 0.15) is 44.3 Å². The van der Waals surface area contributed by atoms with E-state index in [-0.39, 0.29) is 23.5 Å². The fourth-order valence-electron chi connectivity index (χ4n) is 6.64. The molecule has 22 nitrogen and oxygen atoms in total. The van der Waals surface area contributed by atoms with Gasteiger partial charge in [-0.15, -0.1) is 0 Å². The summed E-state index contributed by atoms with van der Waals surface area (Å²) >= 11 is 0. The summed E-state index contributed by atoms with van der Waals surface area (Å²) in [7, 11) is 2.50. The van der Waals surface area contributed by atoms with E-state index >= 15 is 0 Å². The van der Waals surface area contributed by atoms with Crippen LogP contribution in [0.4, 0.5) is 11.6 Å². The van der Waals surface area contributed by atoms with Crippen molar-refractivity contribution in [3.05, 3.63) is 143 Å². The van der Waals surface area contributed by atoms with E-state index < -0.39 is 61.3 Å². The third kappa shape index (κ3) is 8.68. The number of rotatable bonds is 8. The number of nitrogens with two attached hydrogens (primary N) is 1. The van der Waals surface area contributed by atoms with Gasteiger partial charge in [-0.2, -0.15) is 10.2 Å². The number of carbonyl (C=O) groups is 2. The van der Waals surface area contributed by atoms with Gasteiger partial charge in [0.05, 0.1) is 11.4 Å². The molecule has 11 N–H and O–H groups in total. The van der Waals surface area contributed by atoms with Crippen LogP contribution in [-0.2, 0) is 9.47 Å². The molecule has 324 valence electrons. The van der Waals surface area contributed by atoms with E-state index in [2.05, 4.69) is 46.2 Å². The van der Waals surface area contributed by atoms with Crippen molar-refractivity contribution in [3.8, 4) is 0 Å². The molecule has 2 aliphatic heterocycles. The molecule has 2 saturated heterocycles. The molecule has 0 radical (unpaired) electrons. The second-order valence-electron chi connectivity index (χ2n) is 13.1.